The van der Waals surface area contributed by atoms with Gasteiger partial charge < -0.3 is 18.7 Å². The normalized spacial score (nSPS) is 18.9. The molecule has 3 aromatic heterocycles. The minimum Gasteiger partial charge on any atom is -0.507 e. The van der Waals surface area contributed by atoms with Crippen molar-refractivity contribution in [3.8, 4) is 17.1 Å². The van der Waals surface area contributed by atoms with Crippen LogP contribution in [-0.2, 0) is 26.6 Å². The van der Waals surface area contributed by atoms with Gasteiger partial charge in [-0.3, -0.25) is 14.5 Å². The first-order valence-electron chi connectivity index (χ1n) is 14.0. The number of aryl methyl sites for hydroxylation is 3. The van der Waals surface area contributed by atoms with Crippen LogP contribution in [0.1, 0.15) is 41.8 Å². The molecule has 0 saturated carbocycles. The number of phenols is 1. The van der Waals surface area contributed by atoms with Crippen molar-refractivity contribution < 1.29 is 9.52 Å². The number of aromatic nitrogens is 3. The zero-order chi connectivity index (χ0) is 27.7. The number of piperidine rings is 1. The summed E-state index contributed by atoms with van der Waals surface area (Å²) in [5.74, 6) is 1.85. The van der Waals surface area contributed by atoms with Crippen LogP contribution >= 0.6 is 0 Å². The van der Waals surface area contributed by atoms with Gasteiger partial charge in [-0.15, -0.1) is 0 Å². The molecule has 2 atom stereocenters. The van der Waals surface area contributed by atoms with Crippen molar-refractivity contribution in [2.24, 2.45) is 13.0 Å². The van der Waals surface area contributed by atoms with E-state index in [1.54, 1.807) is 19.1 Å². The van der Waals surface area contributed by atoms with E-state index in [0.29, 0.717) is 59.1 Å². The van der Waals surface area contributed by atoms with E-state index in [0.717, 1.165) is 41.8 Å². The molecule has 204 valence electrons. The third-order valence-corrected chi connectivity index (χ3v) is 8.83. The maximum absolute atomic E-state index is 14.1. The van der Waals surface area contributed by atoms with Crippen LogP contribution in [0, 0.1) is 12.8 Å². The lowest BCUT2D eigenvalue weighted by atomic mass is 9.83. The molecule has 1 N–H and O–H groups in total. The molecular formula is C32H32N4O4. The standard InChI is InChI=1S/C32H32N4O4/c1-4-20-13-22-30(39)28(32-33-24-8-5-6-9-26(24)34(32)3)18(2)40-31(22)23(29(20)38)17-35-14-19-12-21(16-35)25-10-7-11-27(37)36(25)15-19/h5-11,13,19,21,38H,4,12,14-17H2,1-3H3. The summed E-state index contributed by atoms with van der Waals surface area (Å²) >= 11 is 0. The van der Waals surface area contributed by atoms with E-state index in [-0.39, 0.29) is 22.7 Å². The first-order chi connectivity index (χ1) is 19.3. The van der Waals surface area contributed by atoms with Gasteiger partial charge in [-0.25, -0.2) is 4.98 Å². The van der Waals surface area contributed by atoms with Gasteiger partial charge in [-0.05, 0) is 55.5 Å². The highest BCUT2D eigenvalue weighted by Crippen LogP contribution is 2.39. The highest BCUT2D eigenvalue weighted by Gasteiger charge is 2.35. The van der Waals surface area contributed by atoms with Crippen LogP contribution < -0.4 is 11.0 Å². The molecule has 2 unspecified atom stereocenters. The fraction of sp³-hybridized carbons (Fsp3) is 0.344. The number of phenolic OH excluding ortho intramolecular Hbond substituents is 1. The van der Waals surface area contributed by atoms with Crippen molar-refractivity contribution >= 4 is 22.0 Å². The van der Waals surface area contributed by atoms with E-state index in [2.05, 4.69) is 11.0 Å². The Kier molecular flexibility index (Phi) is 5.71. The molecule has 7 rings (SSSR count). The number of nitrogens with zero attached hydrogens (tertiary/aromatic N) is 4. The first-order valence-corrected chi connectivity index (χ1v) is 14.0. The molecule has 5 heterocycles. The van der Waals surface area contributed by atoms with Crippen LogP contribution in [0.15, 0.2) is 62.5 Å². The van der Waals surface area contributed by atoms with Crippen molar-refractivity contribution in [1.29, 1.82) is 0 Å². The molecule has 1 fully saturated rings. The SMILES string of the molecule is CCc1cc2c(=O)c(-c3nc4ccccc4n3C)c(C)oc2c(CN2CC3CC(C2)c2cccc(=O)n2C3)c1O. The number of hydrogen-bond donors (Lipinski definition) is 1. The Hall–Kier alpha value is -4.17. The summed E-state index contributed by atoms with van der Waals surface area (Å²) in [6, 6.07) is 15.1. The second-order valence-electron chi connectivity index (χ2n) is 11.3. The summed E-state index contributed by atoms with van der Waals surface area (Å²) in [6.07, 6.45) is 1.64. The Labute approximate surface area is 231 Å². The van der Waals surface area contributed by atoms with Crippen LogP contribution in [0.4, 0.5) is 0 Å². The Bertz CT molecular complexity index is 1930. The molecule has 2 aromatic carbocycles. The summed E-state index contributed by atoms with van der Waals surface area (Å²) in [5.41, 5.74) is 5.02. The first kappa shape index (κ1) is 24.8. The lowest BCUT2D eigenvalue weighted by Crippen LogP contribution is -2.46. The molecule has 8 heteroatoms. The van der Waals surface area contributed by atoms with Gasteiger partial charge in [-0.1, -0.05) is 25.1 Å². The number of likely N-dealkylation sites (tertiary alicyclic amines) is 1. The van der Waals surface area contributed by atoms with Crippen LogP contribution in [0.3, 0.4) is 0 Å². The van der Waals surface area contributed by atoms with Crippen molar-refractivity contribution in [2.45, 2.75) is 45.7 Å². The number of para-hydroxylation sites is 2. The minimum absolute atomic E-state index is 0.0635. The molecule has 2 aliphatic heterocycles. The summed E-state index contributed by atoms with van der Waals surface area (Å²) in [7, 11) is 1.91. The zero-order valence-corrected chi connectivity index (χ0v) is 23.0. The summed E-state index contributed by atoms with van der Waals surface area (Å²) in [6.45, 7) is 6.54. The molecule has 1 saturated heterocycles. The molecule has 5 aromatic rings. The van der Waals surface area contributed by atoms with Gasteiger partial charge in [-0.2, -0.15) is 0 Å². The molecule has 0 amide bonds. The van der Waals surface area contributed by atoms with Crippen LogP contribution in [0.25, 0.3) is 33.4 Å². The summed E-state index contributed by atoms with van der Waals surface area (Å²) in [4.78, 5) is 33.7. The Morgan fingerprint density at radius 1 is 1.07 bits per heavy atom. The molecule has 2 aliphatic rings. The van der Waals surface area contributed by atoms with Crippen LogP contribution in [-0.4, -0.2) is 37.2 Å². The van der Waals surface area contributed by atoms with Crippen molar-refractivity contribution in [3.63, 3.8) is 0 Å². The van der Waals surface area contributed by atoms with Gasteiger partial charge in [0.25, 0.3) is 5.56 Å². The van der Waals surface area contributed by atoms with E-state index in [4.69, 9.17) is 9.40 Å². The van der Waals surface area contributed by atoms with Crippen LogP contribution in [0.2, 0.25) is 0 Å². The van der Waals surface area contributed by atoms with E-state index >= 15 is 0 Å². The fourth-order valence-corrected chi connectivity index (χ4v) is 6.95. The monoisotopic (exact) mass is 536 g/mol. The van der Waals surface area contributed by atoms with E-state index in [9.17, 15) is 14.7 Å². The third kappa shape index (κ3) is 3.73. The molecule has 0 radical (unpaired) electrons. The van der Waals surface area contributed by atoms with Crippen molar-refractivity contribution in [1.82, 2.24) is 19.0 Å². The predicted molar refractivity (Wildman–Crippen MR) is 155 cm³/mol. The minimum atomic E-state index is -0.142. The number of aromatic hydroxyl groups is 1. The topological polar surface area (TPSA) is 93.5 Å². The molecule has 0 aliphatic carbocycles. The molecule has 8 nitrogen and oxygen atoms in total. The van der Waals surface area contributed by atoms with Crippen LogP contribution in [0.5, 0.6) is 5.75 Å². The number of pyridine rings is 1. The average Bonchev–Trinajstić information content (AvgIpc) is 3.27. The maximum Gasteiger partial charge on any atom is 0.250 e. The van der Waals surface area contributed by atoms with Crippen molar-refractivity contribution in [3.05, 3.63) is 91.7 Å². The lowest BCUT2D eigenvalue weighted by Gasteiger charge is -2.42. The second-order valence-corrected chi connectivity index (χ2v) is 11.3. The zero-order valence-electron chi connectivity index (χ0n) is 23.0. The number of fused-ring (bicyclic) bond motifs is 6. The smallest absolute Gasteiger partial charge is 0.250 e. The highest BCUT2D eigenvalue weighted by atomic mass is 16.3. The van der Waals surface area contributed by atoms with Gasteiger partial charge >= 0.3 is 0 Å². The second kappa shape index (κ2) is 9.20. The van der Waals surface area contributed by atoms with Crippen molar-refractivity contribution in [2.75, 3.05) is 13.1 Å². The Morgan fingerprint density at radius 3 is 2.70 bits per heavy atom. The maximum atomic E-state index is 14.1. The number of imidazole rings is 1. The highest BCUT2D eigenvalue weighted by molar-refractivity contribution is 5.88. The van der Waals surface area contributed by atoms with Gasteiger partial charge in [0, 0.05) is 50.9 Å². The predicted octanol–water partition coefficient (Wildman–Crippen LogP) is 4.70. The molecular weight excluding hydrogens is 504 g/mol. The fourth-order valence-electron chi connectivity index (χ4n) is 6.95. The Morgan fingerprint density at radius 2 is 1.90 bits per heavy atom. The van der Waals surface area contributed by atoms with E-state index in [1.165, 1.54) is 0 Å². The molecule has 0 spiro atoms. The quantitative estimate of drug-likeness (QED) is 0.358. The number of rotatable bonds is 4. The van der Waals surface area contributed by atoms with E-state index in [1.807, 2.05) is 53.4 Å². The molecule has 2 bridgehead atoms. The van der Waals surface area contributed by atoms with Gasteiger partial charge in [0.05, 0.1) is 22.0 Å². The van der Waals surface area contributed by atoms with Gasteiger partial charge in [0.2, 0.25) is 5.43 Å². The van der Waals surface area contributed by atoms with Gasteiger partial charge in [0.15, 0.2) is 0 Å². The average molecular weight is 537 g/mol. The number of hydrogen-bond acceptors (Lipinski definition) is 6. The number of benzene rings is 2. The summed E-state index contributed by atoms with van der Waals surface area (Å²) < 4.78 is 10.3. The summed E-state index contributed by atoms with van der Waals surface area (Å²) in [5, 5.41) is 11.8. The largest absolute Gasteiger partial charge is 0.507 e. The Balaban J connectivity index is 1.33. The van der Waals surface area contributed by atoms with Gasteiger partial charge in [0.1, 0.15) is 28.5 Å². The lowest BCUT2D eigenvalue weighted by molar-refractivity contribution is 0.113. The van der Waals surface area contributed by atoms with E-state index < -0.39 is 0 Å². The molecule has 40 heavy (non-hydrogen) atoms. The third-order valence-electron chi connectivity index (χ3n) is 8.83.